The highest BCUT2D eigenvalue weighted by Gasteiger charge is 2.17. The van der Waals surface area contributed by atoms with E-state index in [2.05, 4.69) is 84.9 Å². The van der Waals surface area contributed by atoms with Crippen molar-refractivity contribution in [2.45, 2.75) is 6.42 Å². The summed E-state index contributed by atoms with van der Waals surface area (Å²) in [4.78, 5) is 0. The molecule has 0 amide bonds. The third-order valence-corrected chi connectivity index (χ3v) is 4.92. The molecule has 0 spiro atoms. The number of hydrogen-bond donors (Lipinski definition) is 0. The summed E-state index contributed by atoms with van der Waals surface area (Å²) in [6.07, 6.45) is 3.37. The van der Waals surface area contributed by atoms with E-state index in [1.807, 2.05) is 0 Å². The summed E-state index contributed by atoms with van der Waals surface area (Å²) in [5.74, 6) is 0. The molecular formula is C23H16. The van der Waals surface area contributed by atoms with Crippen LogP contribution >= 0.6 is 0 Å². The van der Waals surface area contributed by atoms with Gasteiger partial charge in [0.05, 0.1) is 0 Å². The summed E-state index contributed by atoms with van der Waals surface area (Å²) in [5.41, 5.74) is 5.58. The lowest BCUT2D eigenvalue weighted by molar-refractivity contribution is 1.35. The van der Waals surface area contributed by atoms with Crippen molar-refractivity contribution in [3.8, 4) is 0 Å². The quantitative estimate of drug-likeness (QED) is 0.372. The Kier molecular flexibility index (Phi) is 2.65. The third-order valence-electron chi connectivity index (χ3n) is 4.92. The summed E-state index contributed by atoms with van der Waals surface area (Å²) in [7, 11) is 0. The molecule has 0 aromatic heterocycles. The second-order valence-electron chi connectivity index (χ2n) is 6.23. The van der Waals surface area contributed by atoms with Gasteiger partial charge >= 0.3 is 0 Å². The summed E-state index contributed by atoms with van der Waals surface area (Å²) in [5, 5.41) is 5.42. The molecule has 0 atom stereocenters. The molecule has 0 saturated heterocycles. The zero-order valence-corrected chi connectivity index (χ0v) is 12.8. The Hall–Kier alpha value is -2.86. The van der Waals surface area contributed by atoms with Gasteiger partial charge in [0.1, 0.15) is 0 Å². The molecule has 0 N–H and O–H groups in total. The maximum Gasteiger partial charge on any atom is -0.000750 e. The summed E-state index contributed by atoms with van der Waals surface area (Å²) in [6.45, 7) is 0. The number of allylic oxidation sites excluding steroid dienone is 1. The van der Waals surface area contributed by atoms with Crippen LogP contribution in [0.2, 0.25) is 0 Å². The van der Waals surface area contributed by atoms with Gasteiger partial charge in [0.15, 0.2) is 0 Å². The first-order valence-corrected chi connectivity index (χ1v) is 8.09. The lowest BCUT2D eigenvalue weighted by Gasteiger charge is -2.09. The van der Waals surface area contributed by atoms with Crippen LogP contribution in [0.25, 0.3) is 33.2 Å². The van der Waals surface area contributed by atoms with Crippen molar-refractivity contribution in [3.05, 3.63) is 95.6 Å². The van der Waals surface area contributed by atoms with Crippen molar-refractivity contribution in [1.29, 1.82) is 0 Å². The summed E-state index contributed by atoms with van der Waals surface area (Å²) in [6, 6.07) is 28.5. The van der Waals surface area contributed by atoms with Crippen molar-refractivity contribution >= 4 is 33.2 Å². The maximum absolute atomic E-state index is 2.35. The van der Waals surface area contributed by atoms with Gasteiger partial charge in [-0.05, 0) is 50.2 Å². The molecule has 1 aliphatic rings. The van der Waals surface area contributed by atoms with Crippen LogP contribution in [0.3, 0.4) is 0 Å². The molecule has 1 aliphatic carbocycles. The normalized spacial score (nSPS) is 13.3. The minimum absolute atomic E-state index is 1.02. The van der Waals surface area contributed by atoms with E-state index in [0.29, 0.717) is 0 Å². The standard InChI is InChI=1S/C23H16/c1-2-6-16(7-3-1)19-14-18-11-13-21-20-9-5-4-8-17(20)10-12-22(21)23(18)15-19/h1-14H,15H2. The van der Waals surface area contributed by atoms with E-state index in [1.54, 1.807) is 0 Å². The largest absolute Gasteiger partial charge is 0.0622 e. The van der Waals surface area contributed by atoms with Crippen molar-refractivity contribution in [3.63, 3.8) is 0 Å². The second kappa shape index (κ2) is 4.82. The monoisotopic (exact) mass is 292 g/mol. The van der Waals surface area contributed by atoms with E-state index >= 15 is 0 Å². The Morgan fingerprint density at radius 3 is 2.26 bits per heavy atom. The molecule has 108 valence electrons. The van der Waals surface area contributed by atoms with Crippen molar-refractivity contribution in [2.24, 2.45) is 0 Å². The van der Waals surface area contributed by atoms with E-state index in [-0.39, 0.29) is 0 Å². The Labute approximate surface area is 135 Å². The van der Waals surface area contributed by atoms with Gasteiger partial charge in [0.2, 0.25) is 0 Å². The van der Waals surface area contributed by atoms with Crippen LogP contribution in [0.15, 0.2) is 78.9 Å². The van der Waals surface area contributed by atoms with Crippen LogP contribution in [0, 0.1) is 0 Å². The van der Waals surface area contributed by atoms with Gasteiger partial charge in [0.25, 0.3) is 0 Å². The van der Waals surface area contributed by atoms with Crippen LogP contribution in [0.5, 0.6) is 0 Å². The van der Waals surface area contributed by atoms with Gasteiger partial charge in [-0.1, -0.05) is 84.9 Å². The van der Waals surface area contributed by atoms with Crippen molar-refractivity contribution < 1.29 is 0 Å². The number of benzene rings is 4. The highest BCUT2D eigenvalue weighted by atomic mass is 14.2. The lowest BCUT2D eigenvalue weighted by atomic mass is 9.95. The SMILES string of the molecule is C1=C(c2ccccc2)Cc2c1ccc1c2ccc2ccccc21. The molecule has 0 heteroatoms. The number of fused-ring (bicyclic) bond motifs is 5. The first-order chi connectivity index (χ1) is 11.4. The molecule has 0 fully saturated rings. The molecule has 0 heterocycles. The van der Waals surface area contributed by atoms with Gasteiger partial charge in [0, 0.05) is 0 Å². The van der Waals surface area contributed by atoms with E-state index in [0.717, 1.165) is 6.42 Å². The number of hydrogen-bond acceptors (Lipinski definition) is 0. The van der Waals surface area contributed by atoms with Crippen LogP contribution in [-0.2, 0) is 6.42 Å². The zero-order chi connectivity index (χ0) is 15.2. The molecule has 0 radical (unpaired) electrons. The molecule has 0 saturated carbocycles. The molecule has 0 aliphatic heterocycles. The van der Waals surface area contributed by atoms with Crippen LogP contribution in [0.4, 0.5) is 0 Å². The average molecular weight is 292 g/mol. The molecule has 0 nitrogen and oxygen atoms in total. The van der Waals surface area contributed by atoms with E-state index < -0.39 is 0 Å². The highest BCUT2D eigenvalue weighted by molar-refractivity contribution is 6.10. The highest BCUT2D eigenvalue weighted by Crippen LogP contribution is 2.38. The Bertz CT molecular complexity index is 1070. The first-order valence-electron chi connectivity index (χ1n) is 8.09. The molecule has 0 bridgehead atoms. The van der Waals surface area contributed by atoms with Crippen LogP contribution in [-0.4, -0.2) is 0 Å². The lowest BCUT2D eigenvalue weighted by Crippen LogP contribution is -1.88. The molecular weight excluding hydrogens is 276 g/mol. The fourth-order valence-corrected chi connectivity index (χ4v) is 3.77. The van der Waals surface area contributed by atoms with E-state index in [9.17, 15) is 0 Å². The minimum atomic E-state index is 1.02. The summed E-state index contributed by atoms with van der Waals surface area (Å²) < 4.78 is 0. The van der Waals surface area contributed by atoms with E-state index in [4.69, 9.17) is 0 Å². The minimum Gasteiger partial charge on any atom is -0.0622 e. The molecule has 4 aromatic rings. The fraction of sp³-hybridized carbons (Fsp3) is 0.0435. The molecule has 23 heavy (non-hydrogen) atoms. The molecule has 5 rings (SSSR count). The molecule has 4 aromatic carbocycles. The van der Waals surface area contributed by atoms with Gasteiger partial charge < -0.3 is 0 Å². The van der Waals surface area contributed by atoms with Gasteiger partial charge in [-0.2, -0.15) is 0 Å². The fourth-order valence-electron chi connectivity index (χ4n) is 3.77. The number of rotatable bonds is 1. The zero-order valence-electron chi connectivity index (χ0n) is 12.8. The van der Waals surface area contributed by atoms with Crippen molar-refractivity contribution in [2.75, 3.05) is 0 Å². The topological polar surface area (TPSA) is 0 Å². The summed E-state index contributed by atoms with van der Waals surface area (Å²) >= 11 is 0. The smallest absolute Gasteiger partial charge is 0.000750 e. The Morgan fingerprint density at radius 2 is 1.35 bits per heavy atom. The Balaban J connectivity index is 1.71. The van der Waals surface area contributed by atoms with E-state index in [1.165, 1.54) is 43.8 Å². The first kappa shape index (κ1) is 12.7. The Morgan fingerprint density at radius 1 is 0.565 bits per heavy atom. The van der Waals surface area contributed by atoms with Gasteiger partial charge in [-0.15, -0.1) is 0 Å². The predicted octanol–water partition coefficient (Wildman–Crippen LogP) is 6.09. The molecule has 0 unspecified atom stereocenters. The van der Waals surface area contributed by atoms with Gasteiger partial charge in [-0.25, -0.2) is 0 Å². The van der Waals surface area contributed by atoms with Crippen LogP contribution in [0.1, 0.15) is 16.7 Å². The van der Waals surface area contributed by atoms with Crippen LogP contribution < -0.4 is 0 Å². The average Bonchev–Trinajstić information content (AvgIpc) is 3.07. The predicted molar refractivity (Wildman–Crippen MR) is 99.5 cm³/mol. The maximum atomic E-state index is 2.35. The van der Waals surface area contributed by atoms with Crippen molar-refractivity contribution in [1.82, 2.24) is 0 Å². The van der Waals surface area contributed by atoms with Gasteiger partial charge in [-0.3, -0.25) is 0 Å². The second-order valence-corrected chi connectivity index (χ2v) is 6.23. The third kappa shape index (κ3) is 1.92.